The molecule has 0 bridgehead atoms. The van der Waals surface area contributed by atoms with Gasteiger partial charge in [-0.1, -0.05) is 30.3 Å². The molecule has 37 heavy (non-hydrogen) atoms. The summed E-state index contributed by atoms with van der Waals surface area (Å²) in [5, 5.41) is 11.6. The average Bonchev–Trinajstić information content (AvgIpc) is 3.42. The molecule has 0 saturated carbocycles. The lowest BCUT2D eigenvalue weighted by atomic mass is 10.0. The van der Waals surface area contributed by atoms with Gasteiger partial charge in [0, 0.05) is 17.7 Å². The molecule has 4 N–H and O–H groups in total. The molecule has 0 aliphatic carbocycles. The number of carbonyl (C=O) groups is 2. The van der Waals surface area contributed by atoms with Crippen molar-refractivity contribution in [1.82, 2.24) is 25.2 Å². The van der Waals surface area contributed by atoms with Crippen molar-refractivity contribution in [2.45, 2.75) is 23.9 Å². The molecule has 190 valence electrons. The number of rotatable bonds is 10. The average molecular weight is 523 g/mol. The highest BCUT2D eigenvalue weighted by molar-refractivity contribution is 7.89. The van der Waals surface area contributed by atoms with Crippen LogP contribution in [0.1, 0.15) is 21.7 Å². The van der Waals surface area contributed by atoms with E-state index in [1.807, 2.05) is 30.3 Å². The van der Waals surface area contributed by atoms with Gasteiger partial charge in [-0.2, -0.15) is 5.10 Å². The summed E-state index contributed by atoms with van der Waals surface area (Å²) in [6, 6.07) is 18.8. The number of halogens is 1. The molecule has 4 aromatic rings. The molecule has 2 amide bonds. The molecule has 12 heteroatoms. The van der Waals surface area contributed by atoms with Gasteiger partial charge in [-0.05, 0) is 54.1 Å². The van der Waals surface area contributed by atoms with Gasteiger partial charge in [0.15, 0.2) is 0 Å². The summed E-state index contributed by atoms with van der Waals surface area (Å²) in [6.45, 7) is -0.0598. The normalized spacial score (nSPS) is 12.0. The van der Waals surface area contributed by atoms with Crippen LogP contribution in [0.4, 0.5) is 10.1 Å². The fourth-order valence-electron chi connectivity index (χ4n) is 3.41. The molecule has 1 heterocycles. The Morgan fingerprint density at radius 3 is 2.30 bits per heavy atom. The Hall–Kier alpha value is -4.42. The number of carbonyl (C=O) groups excluding carboxylic acids is 2. The van der Waals surface area contributed by atoms with Crippen molar-refractivity contribution in [2.24, 2.45) is 0 Å². The third-order valence-corrected chi connectivity index (χ3v) is 6.75. The predicted octanol–water partition coefficient (Wildman–Crippen LogP) is 2.40. The molecule has 4 rings (SSSR count). The zero-order valence-electron chi connectivity index (χ0n) is 19.4. The van der Waals surface area contributed by atoms with Crippen LogP contribution in [0.3, 0.4) is 0 Å². The third-order valence-electron chi connectivity index (χ3n) is 5.34. The van der Waals surface area contributed by atoms with E-state index in [1.54, 1.807) is 0 Å². The molecule has 0 aliphatic rings. The Morgan fingerprint density at radius 2 is 1.65 bits per heavy atom. The zero-order valence-corrected chi connectivity index (χ0v) is 20.2. The van der Waals surface area contributed by atoms with Gasteiger partial charge in [0.2, 0.25) is 15.9 Å². The van der Waals surface area contributed by atoms with E-state index in [-0.39, 0.29) is 23.4 Å². The number of nitrogens with one attached hydrogen (secondary N) is 4. The van der Waals surface area contributed by atoms with Crippen molar-refractivity contribution in [2.75, 3.05) is 5.32 Å². The Morgan fingerprint density at radius 1 is 0.946 bits per heavy atom. The standard InChI is InChI=1S/C25H23FN6O4S/c26-19-8-6-18(7-9-19)24(33)31-22(14-17-4-2-1-3-5-17)25(34)30-20-10-12-21(13-11-20)37(35,36)29-15-23-27-16-28-32-23/h1-13,16,22,29H,14-15H2,(H,30,34)(H,31,33)(H,27,28,32)/t22-/m0/s1. The van der Waals surface area contributed by atoms with Gasteiger partial charge >= 0.3 is 0 Å². The molecule has 10 nitrogen and oxygen atoms in total. The van der Waals surface area contributed by atoms with Gasteiger partial charge in [0.05, 0.1) is 11.4 Å². The Kier molecular flexibility index (Phi) is 8.01. The summed E-state index contributed by atoms with van der Waals surface area (Å²) < 4.78 is 40.7. The third kappa shape index (κ3) is 7.06. The number of amides is 2. The summed E-state index contributed by atoms with van der Waals surface area (Å²) in [5.41, 5.74) is 1.37. The predicted molar refractivity (Wildman–Crippen MR) is 133 cm³/mol. The number of aromatic amines is 1. The Labute approximate surface area is 212 Å². The van der Waals surface area contributed by atoms with Crippen LogP contribution in [-0.4, -0.2) is 41.5 Å². The minimum Gasteiger partial charge on any atom is -0.340 e. The van der Waals surface area contributed by atoms with E-state index in [2.05, 4.69) is 30.5 Å². The molecule has 0 aliphatic heterocycles. The number of aromatic nitrogens is 3. The summed E-state index contributed by atoms with van der Waals surface area (Å²) in [5.74, 6) is -1.15. The summed E-state index contributed by atoms with van der Waals surface area (Å²) in [4.78, 5) is 29.7. The number of hydrogen-bond acceptors (Lipinski definition) is 6. The van der Waals surface area contributed by atoms with Crippen LogP contribution < -0.4 is 15.4 Å². The Bertz CT molecular complexity index is 1450. The largest absolute Gasteiger partial charge is 0.340 e. The van der Waals surface area contributed by atoms with Crippen LogP contribution in [0.25, 0.3) is 0 Å². The van der Waals surface area contributed by atoms with Crippen molar-refractivity contribution < 1.29 is 22.4 Å². The second kappa shape index (κ2) is 11.5. The smallest absolute Gasteiger partial charge is 0.251 e. The molecule has 0 spiro atoms. The monoisotopic (exact) mass is 522 g/mol. The van der Waals surface area contributed by atoms with E-state index < -0.39 is 33.7 Å². The maximum atomic E-state index is 13.2. The summed E-state index contributed by atoms with van der Waals surface area (Å²) in [7, 11) is -3.82. The number of sulfonamides is 1. The first kappa shape index (κ1) is 25.7. The maximum absolute atomic E-state index is 13.2. The Balaban J connectivity index is 1.45. The maximum Gasteiger partial charge on any atom is 0.251 e. The molecule has 1 aromatic heterocycles. The van der Waals surface area contributed by atoms with E-state index in [0.29, 0.717) is 11.5 Å². The minimum atomic E-state index is -3.82. The van der Waals surface area contributed by atoms with Crippen LogP contribution in [0.2, 0.25) is 0 Å². The van der Waals surface area contributed by atoms with Crippen LogP contribution in [0.15, 0.2) is 90.1 Å². The molecule has 1 atom stereocenters. The van der Waals surface area contributed by atoms with Crippen molar-refractivity contribution >= 4 is 27.5 Å². The summed E-state index contributed by atoms with van der Waals surface area (Å²) in [6.07, 6.45) is 1.48. The SMILES string of the molecule is O=C(N[C@@H](Cc1ccccc1)C(=O)Nc1ccc(S(=O)(=O)NCc2ncn[nH]2)cc1)c1ccc(F)cc1. The van der Waals surface area contributed by atoms with Crippen LogP contribution in [0, 0.1) is 5.82 Å². The molecule has 3 aromatic carbocycles. The quantitative estimate of drug-likeness (QED) is 0.252. The fourth-order valence-corrected chi connectivity index (χ4v) is 4.40. The first-order valence-corrected chi connectivity index (χ1v) is 12.6. The van der Waals surface area contributed by atoms with Crippen molar-refractivity contribution in [3.8, 4) is 0 Å². The van der Waals surface area contributed by atoms with Gasteiger partial charge in [0.1, 0.15) is 24.0 Å². The molecular weight excluding hydrogens is 499 g/mol. The number of anilines is 1. The highest BCUT2D eigenvalue weighted by atomic mass is 32.2. The topological polar surface area (TPSA) is 146 Å². The highest BCUT2D eigenvalue weighted by Gasteiger charge is 2.23. The lowest BCUT2D eigenvalue weighted by molar-refractivity contribution is -0.118. The molecule has 0 saturated heterocycles. The second-order valence-electron chi connectivity index (χ2n) is 7.99. The van der Waals surface area contributed by atoms with E-state index >= 15 is 0 Å². The highest BCUT2D eigenvalue weighted by Crippen LogP contribution is 2.15. The lowest BCUT2D eigenvalue weighted by Gasteiger charge is -2.19. The van der Waals surface area contributed by atoms with Crippen molar-refractivity contribution in [3.05, 3.63) is 108 Å². The lowest BCUT2D eigenvalue weighted by Crippen LogP contribution is -2.45. The van der Waals surface area contributed by atoms with Gasteiger partial charge in [-0.15, -0.1) is 0 Å². The van der Waals surface area contributed by atoms with E-state index in [9.17, 15) is 22.4 Å². The first-order chi connectivity index (χ1) is 17.8. The minimum absolute atomic E-state index is 0.00420. The van der Waals surface area contributed by atoms with Crippen molar-refractivity contribution in [3.63, 3.8) is 0 Å². The first-order valence-electron chi connectivity index (χ1n) is 11.2. The van der Waals surface area contributed by atoms with Gasteiger partial charge in [-0.25, -0.2) is 22.5 Å². The van der Waals surface area contributed by atoms with Crippen LogP contribution in [-0.2, 0) is 27.8 Å². The van der Waals surface area contributed by atoms with E-state index in [0.717, 1.165) is 17.7 Å². The second-order valence-corrected chi connectivity index (χ2v) is 9.76. The number of hydrogen-bond donors (Lipinski definition) is 4. The number of benzene rings is 3. The zero-order chi connectivity index (χ0) is 26.3. The molecule has 0 fully saturated rings. The molecule has 0 radical (unpaired) electrons. The van der Waals surface area contributed by atoms with Gasteiger partial charge < -0.3 is 10.6 Å². The van der Waals surface area contributed by atoms with E-state index in [4.69, 9.17) is 0 Å². The van der Waals surface area contributed by atoms with Gasteiger partial charge in [-0.3, -0.25) is 14.7 Å². The van der Waals surface area contributed by atoms with Crippen LogP contribution in [0.5, 0.6) is 0 Å². The van der Waals surface area contributed by atoms with E-state index in [1.165, 1.54) is 42.7 Å². The van der Waals surface area contributed by atoms with Crippen LogP contribution >= 0.6 is 0 Å². The van der Waals surface area contributed by atoms with Crippen molar-refractivity contribution in [1.29, 1.82) is 0 Å². The molecule has 0 unspecified atom stereocenters. The number of nitrogens with zero attached hydrogens (tertiary/aromatic N) is 2. The fraction of sp³-hybridized carbons (Fsp3) is 0.120. The van der Waals surface area contributed by atoms with Gasteiger partial charge in [0.25, 0.3) is 5.91 Å². The summed E-state index contributed by atoms with van der Waals surface area (Å²) >= 11 is 0. The number of H-pyrrole nitrogens is 1. The molecular formula is C25H23FN6O4S.